The van der Waals surface area contributed by atoms with Gasteiger partial charge in [-0.05, 0) is 35.9 Å². The highest BCUT2D eigenvalue weighted by molar-refractivity contribution is 9.10. The Morgan fingerprint density at radius 2 is 1.84 bits per heavy atom. The molecule has 1 heterocycles. The smallest absolute Gasteiger partial charge is 0.344 e. The molecule has 0 aromatic heterocycles. The van der Waals surface area contributed by atoms with Crippen molar-refractivity contribution in [2.45, 2.75) is 12.0 Å². The zero-order chi connectivity index (χ0) is 18.2. The summed E-state index contributed by atoms with van der Waals surface area (Å²) in [6.07, 6.45) is -0.164. The van der Waals surface area contributed by atoms with Crippen molar-refractivity contribution in [3.63, 3.8) is 0 Å². The maximum atomic E-state index is 13.1. The Balaban J connectivity index is 2.23. The summed E-state index contributed by atoms with van der Waals surface area (Å²) in [6.45, 7) is 0. The predicted octanol–water partition coefficient (Wildman–Crippen LogP) is 2.65. The lowest BCUT2D eigenvalue weighted by Crippen LogP contribution is -2.61. The van der Waals surface area contributed by atoms with E-state index in [9.17, 15) is 19.5 Å². The number of hydrogen-bond donors (Lipinski definition) is 1. The molecule has 1 aliphatic heterocycles. The van der Waals surface area contributed by atoms with Gasteiger partial charge in [0.05, 0.1) is 7.11 Å². The summed E-state index contributed by atoms with van der Waals surface area (Å²) in [6, 6.07) is 13.3. The fourth-order valence-electron chi connectivity index (χ4n) is 3.06. The van der Waals surface area contributed by atoms with Gasteiger partial charge in [0.2, 0.25) is 5.54 Å². The first-order chi connectivity index (χ1) is 11.9. The molecular formula is C18H14BrNO5. The largest absolute Gasteiger partial charge is 0.479 e. The summed E-state index contributed by atoms with van der Waals surface area (Å²) < 4.78 is 5.48. The summed E-state index contributed by atoms with van der Waals surface area (Å²) in [5, 5.41) is 9.87. The van der Waals surface area contributed by atoms with Crippen LogP contribution in [0.4, 0.5) is 5.69 Å². The average Bonchev–Trinajstić information content (AvgIpc) is 2.96. The molecule has 0 saturated heterocycles. The van der Waals surface area contributed by atoms with Crippen LogP contribution in [0.2, 0.25) is 0 Å². The molecule has 1 N–H and O–H groups in total. The fourth-order valence-corrected chi connectivity index (χ4v) is 3.47. The maximum absolute atomic E-state index is 13.1. The van der Waals surface area contributed by atoms with Crippen molar-refractivity contribution in [2.24, 2.45) is 0 Å². The van der Waals surface area contributed by atoms with E-state index in [4.69, 9.17) is 4.74 Å². The van der Waals surface area contributed by atoms with Crippen LogP contribution in [-0.4, -0.2) is 35.6 Å². The van der Waals surface area contributed by atoms with Crippen LogP contribution in [0.5, 0.6) is 0 Å². The van der Waals surface area contributed by atoms with E-state index in [1.807, 2.05) is 0 Å². The van der Waals surface area contributed by atoms with Gasteiger partial charge in [0.1, 0.15) is 0 Å². The number of nitrogens with zero attached hydrogens (tertiary/aromatic N) is 1. The lowest BCUT2D eigenvalue weighted by atomic mass is 9.93. The summed E-state index contributed by atoms with van der Waals surface area (Å²) in [7, 11) is 1.11. The molecule has 1 aliphatic rings. The van der Waals surface area contributed by atoms with Gasteiger partial charge in [0.15, 0.2) is 0 Å². The number of amides is 1. The van der Waals surface area contributed by atoms with Crippen LogP contribution in [0, 0.1) is 0 Å². The molecule has 0 fully saturated rings. The second kappa shape index (κ2) is 6.33. The van der Waals surface area contributed by atoms with Crippen molar-refractivity contribution in [1.82, 2.24) is 0 Å². The van der Waals surface area contributed by atoms with Crippen molar-refractivity contribution in [2.75, 3.05) is 12.0 Å². The van der Waals surface area contributed by atoms with Crippen LogP contribution in [0.15, 0.2) is 53.0 Å². The molecule has 1 unspecified atom stereocenters. The molecule has 0 spiro atoms. The number of carboxylic acids is 1. The fraction of sp³-hybridized carbons (Fsp3) is 0.167. The minimum Gasteiger partial charge on any atom is -0.479 e. The molecule has 1 atom stereocenters. The van der Waals surface area contributed by atoms with Crippen LogP contribution in [-0.2, 0) is 20.7 Å². The average molecular weight is 404 g/mol. The van der Waals surface area contributed by atoms with Crippen LogP contribution < -0.4 is 4.90 Å². The molecule has 0 bridgehead atoms. The van der Waals surface area contributed by atoms with Crippen molar-refractivity contribution in [3.05, 3.63) is 64.1 Å². The SMILES string of the molecule is COC(=O)C1(C(=O)O)Cc2cc(Br)ccc2N1C(=O)c1ccccc1. The monoisotopic (exact) mass is 403 g/mol. The number of anilines is 1. The molecule has 25 heavy (non-hydrogen) atoms. The van der Waals surface area contributed by atoms with E-state index in [0.717, 1.165) is 16.5 Å². The van der Waals surface area contributed by atoms with Gasteiger partial charge in [-0.25, -0.2) is 9.59 Å². The zero-order valence-electron chi connectivity index (χ0n) is 13.2. The first-order valence-electron chi connectivity index (χ1n) is 7.41. The molecule has 7 heteroatoms. The van der Waals surface area contributed by atoms with Crippen molar-refractivity contribution in [3.8, 4) is 0 Å². The lowest BCUT2D eigenvalue weighted by molar-refractivity contribution is -0.158. The maximum Gasteiger partial charge on any atom is 0.344 e. The van der Waals surface area contributed by atoms with E-state index in [0.29, 0.717) is 11.3 Å². The van der Waals surface area contributed by atoms with Crippen LogP contribution in [0.25, 0.3) is 0 Å². The van der Waals surface area contributed by atoms with Crippen LogP contribution in [0.1, 0.15) is 15.9 Å². The predicted molar refractivity (Wildman–Crippen MR) is 93.5 cm³/mol. The molecule has 2 aromatic rings. The van der Waals surface area contributed by atoms with Crippen molar-refractivity contribution >= 4 is 39.5 Å². The number of benzene rings is 2. The number of carboxylic acid groups (broad SMARTS) is 1. The number of hydrogen-bond acceptors (Lipinski definition) is 4. The number of aliphatic carboxylic acids is 1. The van der Waals surface area contributed by atoms with Gasteiger partial charge in [0.25, 0.3) is 5.91 Å². The highest BCUT2D eigenvalue weighted by atomic mass is 79.9. The van der Waals surface area contributed by atoms with Gasteiger partial charge in [-0.2, -0.15) is 0 Å². The Morgan fingerprint density at radius 3 is 2.44 bits per heavy atom. The van der Waals surface area contributed by atoms with Gasteiger partial charge in [-0.15, -0.1) is 0 Å². The lowest BCUT2D eigenvalue weighted by Gasteiger charge is -2.32. The number of rotatable bonds is 3. The first-order valence-corrected chi connectivity index (χ1v) is 8.21. The Labute approximate surface area is 152 Å². The number of carbonyl (C=O) groups excluding carboxylic acids is 2. The standard InChI is InChI=1S/C18H14BrNO5/c1-25-17(24)18(16(22)23)10-12-9-13(19)7-8-14(12)20(18)15(21)11-5-3-2-4-6-11/h2-9H,10H2,1H3,(H,22,23). The van der Waals surface area contributed by atoms with Gasteiger partial charge < -0.3 is 9.84 Å². The Morgan fingerprint density at radius 1 is 1.16 bits per heavy atom. The highest BCUT2D eigenvalue weighted by Crippen LogP contribution is 2.42. The minimum atomic E-state index is -2.13. The van der Waals surface area contributed by atoms with E-state index in [1.54, 1.807) is 48.5 Å². The minimum absolute atomic E-state index is 0.164. The van der Waals surface area contributed by atoms with Gasteiger partial charge >= 0.3 is 11.9 Å². The number of carbonyl (C=O) groups is 3. The number of halogens is 1. The molecule has 128 valence electrons. The molecule has 0 radical (unpaired) electrons. The van der Waals surface area contributed by atoms with E-state index >= 15 is 0 Å². The molecule has 2 aromatic carbocycles. The number of methoxy groups -OCH3 is 1. The molecule has 6 nitrogen and oxygen atoms in total. The highest BCUT2D eigenvalue weighted by Gasteiger charge is 2.59. The first kappa shape index (κ1) is 17.2. The summed E-state index contributed by atoms with van der Waals surface area (Å²) in [5.41, 5.74) is -0.894. The molecule has 3 rings (SSSR count). The quantitative estimate of drug-likeness (QED) is 0.628. The summed E-state index contributed by atoms with van der Waals surface area (Å²) in [5.74, 6) is -3.00. The molecule has 1 amide bonds. The van der Waals surface area contributed by atoms with Gasteiger partial charge in [-0.1, -0.05) is 34.1 Å². The van der Waals surface area contributed by atoms with E-state index in [2.05, 4.69) is 15.9 Å². The van der Waals surface area contributed by atoms with Crippen molar-refractivity contribution in [1.29, 1.82) is 0 Å². The third kappa shape index (κ3) is 2.60. The second-order valence-electron chi connectivity index (χ2n) is 5.61. The molecule has 0 saturated carbocycles. The number of fused-ring (bicyclic) bond motifs is 1. The molecule has 0 aliphatic carbocycles. The van der Waals surface area contributed by atoms with Crippen molar-refractivity contribution < 1.29 is 24.2 Å². The zero-order valence-corrected chi connectivity index (χ0v) is 14.8. The number of esters is 1. The summed E-state index contributed by atoms with van der Waals surface area (Å²) in [4.78, 5) is 38.7. The van der Waals surface area contributed by atoms with Crippen LogP contribution >= 0.6 is 15.9 Å². The third-order valence-electron chi connectivity index (χ3n) is 4.21. The van der Waals surface area contributed by atoms with E-state index in [-0.39, 0.29) is 12.0 Å². The van der Waals surface area contributed by atoms with E-state index in [1.165, 1.54) is 0 Å². The van der Waals surface area contributed by atoms with Gasteiger partial charge in [0, 0.05) is 22.1 Å². The normalized spacial score (nSPS) is 18.6. The van der Waals surface area contributed by atoms with Gasteiger partial charge in [-0.3, -0.25) is 9.69 Å². The second-order valence-corrected chi connectivity index (χ2v) is 6.53. The third-order valence-corrected chi connectivity index (χ3v) is 4.70. The Hall–Kier alpha value is -2.67. The van der Waals surface area contributed by atoms with Crippen LogP contribution in [0.3, 0.4) is 0 Å². The topological polar surface area (TPSA) is 83.9 Å². The molecular weight excluding hydrogens is 390 g/mol. The Bertz CT molecular complexity index is 867. The van der Waals surface area contributed by atoms with E-state index < -0.39 is 23.4 Å². The Kier molecular flexibility index (Phi) is 4.34. The number of ether oxygens (including phenoxy) is 1. The summed E-state index contributed by atoms with van der Waals surface area (Å²) >= 11 is 3.33.